The van der Waals surface area contributed by atoms with Crippen LogP contribution in [0.25, 0.3) is 10.9 Å². The van der Waals surface area contributed by atoms with Crippen LogP contribution >= 0.6 is 12.2 Å². The molecule has 0 unspecified atom stereocenters. The maximum Gasteiger partial charge on any atom is 0.262 e. The molecule has 1 aromatic heterocycles. The van der Waals surface area contributed by atoms with E-state index in [-0.39, 0.29) is 11.5 Å². The van der Waals surface area contributed by atoms with Gasteiger partial charge in [0.25, 0.3) is 5.56 Å². The lowest BCUT2D eigenvalue weighted by atomic mass is 10.1. The Balaban J connectivity index is 1.32. The summed E-state index contributed by atoms with van der Waals surface area (Å²) in [5, 5.41) is 0.638. The first kappa shape index (κ1) is 24.0. The summed E-state index contributed by atoms with van der Waals surface area (Å²) < 4.78 is 12.9. The van der Waals surface area contributed by atoms with Crippen LogP contribution in [-0.4, -0.2) is 40.6 Å². The molecule has 1 N–H and O–H groups in total. The number of benzene rings is 2. The molecule has 1 aliphatic carbocycles. The molecular weight excluding hydrogens is 450 g/mol. The van der Waals surface area contributed by atoms with Gasteiger partial charge in [0.05, 0.1) is 25.1 Å². The fourth-order valence-corrected chi connectivity index (χ4v) is 4.55. The largest absolute Gasteiger partial charge is 0.497 e. The molecule has 180 valence electrons. The molecule has 0 spiro atoms. The number of hydrogen-bond acceptors (Lipinski definition) is 5. The Morgan fingerprint density at radius 3 is 2.65 bits per heavy atom. The summed E-state index contributed by atoms with van der Waals surface area (Å²) in [5.74, 6) is 1.67. The van der Waals surface area contributed by atoms with Gasteiger partial charge in [0.15, 0.2) is 4.77 Å². The molecular formula is C26H31N3O4S. The number of amides is 1. The third kappa shape index (κ3) is 5.50. The van der Waals surface area contributed by atoms with E-state index < -0.39 is 0 Å². The van der Waals surface area contributed by atoms with E-state index in [0.29, 0.717) is 35.7 Å². The van der Waals surface area contributed by atoms with Crippen LogP contribution in [-0.2, 0) is 17.9 Å². The molecule has 2 aromatic carbocycles. The van der Waals surface area contributed by atoms with Gasteiger partial charge in [-0.2, -0.15) is 0 Å². The summed E-state index contributed by atoms with van der Waals surface area (Å²) in [6, 6.07) is 13.4. The molecule has 4 rings (SSSR count). The molecule has 0 aliphatic heterocycles. The molecule has 0 saturated heterocycles. The number of unbranched alkanes of at least 4 members (excludes halogenated alkanes) is 2. The molecule has 0 bridgehead atoms. The zero-order chi connectivity index (χ0) is 24.1. The monoisotopic (exact) mass is 481 g/mol. The van der Waals surface area contributed by atoms with E-state index >= 15 is 0 Å². The van der Waals surface area contributed by atoms with E-state index in [1.54, 1.807) is 18.8 Å². The minimum absolute atomic E-state index is 0.0671. The molecule has 1 aliphatic rings. The van der Waals surface area contributed by atoms with Crippen LogP contribution in [0.4, 0.5) is 0 Å². The predicted molar refractivity (Wildman–Crippen MR) is 135 cm³/mol. The Morgan fingerprint density at radius 1 is 1.12 bits per heavy atom. The van der Waals surface area contributed by atoms with Crippen molar-refractivity contribution in [1.82, 2.24) is 14.5 Å². The quantitative estimate of drug-likeness (QED) is 0.314. The first-order valence-electron chi connectivity index (χ1n) is 11.7. The number of nitrogens with zero attached hydrogens (tertiary/aromatic N) is 2. The van der Waals surface area contributed by atoms with Gasteiger partial charge in [-0.1, -0.05) is 18.6 Å². The molecule has 1 heterocycles. The number of rotatable bonds is 11. The van der Waals surface area contributed by atoms with Crippen molar-refractivity contribution in [2.24, 2.45) is 0 Å². The number of nitrogens with one attached hydrogen (secondary N) is 1. The zero-order valence-corrected chi connectivity index (χ0v) is 20.5. The topological polar surface area (TPSA) is 76.6 Å². The Hall–Kier alpha value is -3.13. The zero-order valence-electron chi connectivity index (χ0n) is 19.7. The highest BCUT2D eigenvalue weighted by Gasteiger charge is 2.32. The average Bonchev–Trinajstić information content (AvgIpc) is 3.69. The fourth-order valence-electron chi connectivity index (χ4n) is 4.26. The lowest BCUT2D eigenvalue weighted by molar-refractivity contribution is -0.132. The summed E-state index contributed by atoms with van der Waals surface area (Å²) in [6.07, 6.45) is 4.98. The van der Waals surface area contributed by atoms with Crippen LogP contribution < -0.4 is 15.0 Å². The minimum atomic E-state index is -0.0671. The number of ether oxygens (including phenoxy) is 2. The van der Waals surface area contributed by atoms with Crippen LogP contribution in [0.15, 0.2) is 47.3 Å². The molecule has 0 radical (unpaired) electrons. The van der Waals surface area contributed by atoms with Crippen molar-refractivity contribution in [3.63, 3.8) is 0 Å². The molecule has 0 atom stereocenters. The van der Waals surface area contributed by atoms with Gasteiger partial charge < -0.3 is 19.4 Å². The Labute approximate surface area is 204 Å². The van der Waals surface area contributed by atoms with E-state index in [0.717, 1.165) is 54.7 Å². The van der Waals surface area contributed by atoms with Crippen molar-refractivity contribution in [2.45, 2.75) is 57.7 Å². The highest BCUT2D eigenvalue weighted by atomic mass is 32.1. The number of H-pyrrole nitrogens is 1. The highest BCUT2D eigenvalue weighted by Crippen LogP contribution is 2.32. The number of fused-ring (bicyclic) bond motifs is 1. The maximum absolute atomic E-state index is 13.0. The van der Waals surface area contributed by atoms with Gasteiger partial charge in [-0.15, -0.1) is 0 Å². The molecule has 7 nitrogen and oxygen atoms in total. The molecule has 3 aromatic rings. The first-order valence-corrected chi connectivity index (χ1v) is 12.1. The minimum Gasteiger partial charge on any atom is -0.497 e. The molecule has 1 amide bonds. The smallest absolute Gasteiger partial charge is 0.262 e. The lowest BCUT2D eigenvalue weighted by Gasteiger charge is -2.24. The first-order chi connectivity index (χ1) is 16.5. The van der Waals surface area contributed by atoms with Crippen LogP contribution in [0.3, 0.4) is 0 Å². The van der Waals surface area contributed by atoms with Gasteiger partial charge in [0, 0.05) is 31.1 Å². The Morgan fingerprint density at radius 2 is 1.91 bits per heavy atom. The molecule has 8 heteroatoms. The lowest BCUT2D eigenvalue weighted by Crippen LogP contribution is -2.32. The van der Waals surface area contributed by atoms with Gasteiger partial charge in [0.2, 0.25) is 5.91 Å². The van der Waals surface area contributed by atoms with Crippen molar-refractivity contribution < 1.29 is 14.3 Å². The van der Waals surface area contributed by atoms with Crippen LogP contribution in [0, 0.1) is 4.77 Å². The number of para-hydroxylation sites is 1. The fraction of sp³-hybridized carbons (Fsp3) is 0.423. The number of aromatic nitrogens is 2. The summed E-state index contributed by atoms with van der Waals surface area (Å²) in [7, 11) is 3.27. The second-order valence-electron chi connectivity index (χ2n) is 8.67. The van der Waals surface area contributed by atoms with E-state index in [1.807, 2.05) is 47.4 Å². The standard InChI is InChI=1S/C26H31N3O4S/c1-32-20-13-14-23(33-2)18(16-20)17-29(19-11-12-19)24(30)10-4-3-7-15-28-25(31)21-8-5-6-9-22(21)27-26(28)34/h5-6,8-9,13-14,16,19H,3-4,7,10-12,15,17H2,1-2H3,(H,27,34). The van der Waals surface area contributed by atoms with Gasteiger partial charge in [0.1, 0.15) is 11.5 Å². The van der Waals surface area contributed by atoms with E-state index in [9.17, 15) is 9.59 Å². The van der Waals surface area contributed by atoms with Gasteiger partial charge >= 0.3 is 0 Å². The number of aromatic amines is 1. The van der Waals surface area contributed by atoms with Crippen molar-refractivity contribution in [3.8, 4) is 11.5 Å². The maximum atomic E-state index is 13.0. The van der Waals surface area contributed by atoms with Gasteiger partial charge in [-0.25, -0.2) is 0 Å². The third-order valence-corrected chi connectivity index (χ3v) is 6.62. The number of hydrogen-bond donors (Lipinski definition) is 1. The van der Waals surface area contributed by atoms with Crippen molar-refractivity contribution in [3.05, 3.63) is 63.2 Å². The van der Waals surface area contributed by atoms with E-state index in [1.165, 1.54) is 0 Å². The Bertz CT molecular complexity index is 1280. The third-order valence-electron chi connectivity index (χ3n) is 6.30. The van der Waals surface area contributed by atoms with Crippen molar-refractivity contribution >= 4 is 29.0 Å². The Kier molecular flexibility index (Phi) is 7.67. The molecule has 1 fully saturated rings. The van der Waals surface area contributed by atoms with Crippen LogP contribution in [0.2, 0.25) is 0 Å². The highest BCUT2D eigenvalue weighted by molar-refractivity contribution is 7.71. The van der Waals surface area contributed by atoms with E-state index in [4.69, 9.17) is 21.7 Å². The van der Waals surface area contributed by atoms with Gasteiger partial charge in [-0.3, -0.25) is 14.2 Å². The predicted octanol–water partition coefficient (Wildman–Crippen LogP) is 4.83. The summed E-state index contributed by atoms with van der Waals surface area (Å²) in [4.78, 5) is 30.9. The van der Waals surface area contributed by atoms with Gasteiger partial charge in [-0.05, 0) is 68.2 Å². The van der Waals surface area contributed by atoms with E-state index in [2.05, 4.69) is 4.98 Å². The second kappa shape index (κ2) is 10.9. The van der Waals surface area contributed by atoms with Crippen LogP contribution in [0.1, 0.15) is 44.1 Å². The van der Waals surface area contributed by atoms with Crippen LogP contribution in [0.5, 0.6) is 11.5 Å². The van der Waals surface area contributed by atoms with Crippen molar-refractivity contribution in [1.29, 1.82) is 0 Å². The summed E-state index contributed by atoms with van der Waals surface area (Å²) in [5.41, 5.74) is 1.64. The SMILES string of the molecule is COc1ccc(OC)c(CN(C(=O)CCCCCn2c(=S)[nH]c3ccccc3c2=O)C2CC2)c1. The number of carbonyl (C=O) groups excluding carboxylic acids is 1. The molecule has 34 heavy (non-hydrogen) atoms. The molecule has 1 saturated carbocycles. The second-order valence-corrected chi connectivity index (χ2v) is 9.06. The number of carbonyl (C=O) groups is 1. The average molecular weight is 482 g/mol. The normalized spacial score (nSPS) is 13.1. The summed E-state index contributed by atoms with van der Waals surface area (Å²) in [6.45, 7) is 1.06. The number of methoxy groups -OCH3 is 2. The summed E-state index contributed by atoms with van der Waals surface area (Å²) >= 11 is 5.38. The van der Waals surface area contributed by atoms with Crippen molar-refractivity contribution in [2.75, 3.05) is 14.2 Å².